The molecule has 100 valence electrons. The molecular weight excluding hydrogens is 241 g/mol. The summed E-state index contributed by atoms with van der Waals surface area (Å²) in [6, 6.07) is 17.1. The molecule has 2 aromatic carbocycles. The maximum absolute atomic E-state index is 2.26. The van der Waals surface area contributed by atoms with Gasteiger partial charge in [0.2, 0.25) is 0 Å². The van der Waals surface area contributed by atoms with Crippen LogP contribution >= 0.6 is 0 Å². The molecule has 19 heavy (non-hydrogen) atoms. The van der Waals surface area contributed by atoms with Crippen LogP contribution in [0, 0.1) is 0 Å². The molecule has 0 amide bonds. The normalized spacial score (nSPS) is 12.8. The Kier molecular flexibility index (Phi) is 9.99. The molecule has 0 N–H and O–H groups in total. The van der Waals surface area contributed by atoms with Crippen LogP contribution in [0.2, 0.25) is 0 Å². The molecule has 0 bridgehead atoms. The molecule has 0 saturated heterocycles. The minimum atomic E-state index is 0. The summed E-state index contributed by atoms with van der Waals surface area (Å²) in [5, 5.41) is 0. The fraction of sp³-hybridized carbons (Fsp3) is 0.444. The van der Waals surface area contributed by atoms with Crippen molar-refractivity contribution in [1.29, 1.82) is 0 Å². The van der Waals surface area contributed by atoms with Crippen molar-refractivity contribution in [3.05, 3.63) is 59.7 Å². The molecule has 0 aromatic heterocycles. The van der Waals surface area contributed by atoms with Crippen molar-refractivity contribution in [3.8, 4) is 0 Å². The molecule has 2 unspecified atom stereocenters. The second kappa shape index (κ2) is 10.3. The van der Waals surface area contributed by atoms with E-state index in [0.717, 1.165) is 11.8 Å². The molecule has 2 rings (SSSR count). The molecule has 2 atom stereocenters. The van der Waals surface area contributed by atoms with Crippen LogP contribution in [-0.4, -0.2) is 23.1 Å². The first-order valence-electron chi connectivity index (χ1n) is 7.12. The van der Waals surface area contributed by atoms with Crippen LogP contribution in [-0.2, 0) is 0 Å². The van der Waals surface area contributed by atoms with E-state index >= 15 is 0 Å². The summed E-state index contributed by atoms with van der Waals surface area (Å²) >= 11 is 0. The summed E-state index contributed by atoms with van der Waals surface area (Å²) in [4.78, 5) is 0. The van der Waals surface area contributed by atoms with E-state index in [1.807, 2.05) is 0 Å². The van der Waals surface area contributed by atoms with Crippen molar-refractivity contribution in [3.63, 3.8) is 0 Å². The predicted octanol–water partition coefficient (Wildman–Crippen LogP) is 5.46. The Morgan fingerprint density at radius 2 is 0.947 bits per heavy atom. The van der Waals surface area contributed by atoms with Gasteiger partial charge in [0.25, 0.3) is 0 Å². The van der Waals surface area contributed by atoms with E-state index in [2.05, 4.69) is 76.2 Å². The SMILES string of the molecule is CCC(C)[c-]1cccc1.CCC(C)[c-]1cccc1.[Mg+2]. The molecule has 0 aliphatic carbocycles. The second-order valence-corrected chi connectivity index (χ2v) is 5.06. The van der Waals surface area contributed by atoms with Crippen molar-refractivity contribution in [2.75, 3.05) is 0 Å². The van der Waals surface area contributed by atoms with Gasteiger partial charge in [0.05, 0.1) is 0 Å². The van der Waals surface area contributed by atoms with Crippen molar-refractivity contribution in [2.24, 2.45) is 0 Å². The van der Waals surface area contributed by atoms with E-state index in [1.54, 1.807) is 0 Å². The minimum Gasteiger partial charge on any atom is -0.213 e. The zero-order valence-corrected chi connectivity index (χ0v) is 14.3. The Balaban J connectivity index is 0.000000324. The molecule has 0 fully saturated rings. The van der Waals surface area contributed by atoms with Gasteiger partial charge in [-0.1, -0.05) is 52.4 Å². The third kappa shape index (κ3) is 6.44. The van der Waals surface area contributed by atoms with Crippen molar-refractivity contribution in [1.82, 2.24) is 0 Å². The third-order valence-corrected chi connectivity index (χ3v) is 3.74. The minimum absolute atomic E-state index is 0. The second-order valence-electron chi connectivity index (χ2n) is 5.06. The summed E-state index contributed by atoms with van der Waals surface area (Å²) in [6.45, 7) is 8.96. The van der Waals surface area contributed by atoms with Gasteiger partial charge in [0.15, 0.2) is 0 Å². The smallest absolute Gasteiger partial charge is 0.213 e. The molecule has 0 saturated carbocycles. The molecule has 1 heteroatoms. The van der Waals surface area contributed by atoms with Gasteiger partial charge in [-0.2, -0.15) is 35.4 Å². The van der Waals surface area contributed by atoms with Gasteiger partial charge in [0.1, 0.15) is 0 Å². The third-order valence-electron chi connectivity index (χ3n) is 3.74. The van der Waals surface area contributed by atoms with Crippen LogP contribution in [0.3, 0.4) is 0 Å². The molecule has 0 aliphatic rings. The molecule has 2 aromatic rings. The Hall–Kier alpha value is -0.534. The van der Waals surface area contributed by atoms with E-state index in [4.69, 9.17) is 0 Å². The number of hydrogen-bond donors (Lipinski definition) is 0. The van der Waals surface area contributed by atoms with Crippen LogP contribution in [0.1, 0.15) is 63.5 Å². The summed E-state index contributed by atoms with van der Waals surface area (Å²) in [5.74, 6) is 1.47. The van der Waals surface area contributed by atoms with Crippen LogP contribution < -0.4 is 0 Å². The maximum Gasteiger partial charge on any atom is 2.00 e. The van der Waals surface area contributed by atoms with Gasteiger partial charge >= 0.3 is 23.1 Å². The van der Waals surface area contributed by atoms with E-state index in [-0.39, 0.29) is 23.1 Å². The number of hydrogen-bond acceptors (Lipinski definition) is 0. The molecule has 0 radical (unpaired) electrons. The largest absolute Gasteiger partial charge is 2.00 e. The van der Waals surface area contributed by atoms with Gasteiger partial charge in [0, 0.05) is 0 Å². The van der Waals surface area contributed by atoms with Gasteiger partial charge in [-0.15, -0.1) is 0 Å². The number of rotatable bonds is 4. The van der Waals surface area contributed by atoms with Gasteiger partial charge in [-0.05, 0) is 0 Å². The van der Waals surface area contributed by atoms with Gasteiger partial charge < -0.3 is 0 Å². The summed E-state index contributed by atoms with van der Waals surface area (Å²) in [5.41, 5.74) is 2.94. The van der Waals surface area contributed by atoms with E-state index in [1.165, 1.54) is 24.0 Å². The first-order chi connectivity index (χ1) is 8.69. The Labute approximate surface area is 135 Å². The van der Waals surface area contributed by atoms with E-state index < -0.39 is 0 Å². The van der Waals surface area contributed by atoms with Crippen LogP contribution in [0.15, 0.2) is 48.5 Å². The van der Waals surface area contributed by atoms with Crippen LogP contribution in [0.25, 0.3) is 0 Å². The van der Waals surface area contributed by atoms with E-state index in [9.17, 15) is 0 Å². The van der Waals surface area contributed by atoms with Gasteiger partial charge in [-0.3, -0.25) is 0 Å². The molecule has 0 aliphatic heterocycles. The molecule has 0 spiro atoms. The Morgan fingerprint density at radius 3 is 1.16 bits per heavy atom. The Morgan fingerprint density at radius 1 is 0.684 bits per heavy atom. The Bertz CT molecular complexity index is 343. The van der Waals surface area contributed by atoms with E-state index in [0.29, 0.717) is 0 Å². The zero-order valence-electron chi connectivity index (χ0n) is 12.9. The molecular formula is C18H26Mg. The average Bonchev–Trinajstić information content (AvgIpc) is 3.09. The zero-order chi connectivity index (χ0) is 13.4. The topological polar surface area (TPSA) is 0 Å². The quantitative estimate of drug-likeness (QED) is 0.509. The molecule has 0 nitrogen and oxygen atoms in total. The fourth-order valence-electron chi connectivity index (χ4n) is 1.91. The van der Waals surface area contributed by atoms with Crippen LogP contribution in [0.5, 0.6) is 0 Å². The molecule has 0 heterocycles. The monoisotopic (exact) mass is 266 g/mol. The predicted molar refractivity (Wildman–Crippen MR) is 87.2 cm³/mol. The standard InChI is InChI=1S/2C9H13.Mg/c2*1-3-8(2)9-6-4-5-7-9;/h2*4-8H,3H2,1-2H3;/q2*-1;+2. The maximum atomic E-state index is 2.26. The summed E-state index contributed by atoms with van der Waals surface area (Å²) in [6.07, 6.45) is 2.48. The average molecular weight is 267 g/mol. The van der Waals surface area contributed by atoms with Crippen molar-refractivity contribution < 1.29 is 0 Å². The fourth-order valence-corrected chi connectivity index (χ4v) is 1.91. The summed E-state index contributed by atoms with van der Waals surface area (Å²) in [7, 11) is 0. The van der Waals surface area contributed by atoms with Crippen LogP contribution in [0.4, 0.5) is 0 Å². The van der Waals surface area contributed by atoms with Gasteiger partial charge in [-0.25, -0.2) is 24.3 Å². The summed E-state index contributed by atoms with van der Waals surface area (Å²) < 4.78 is 0. The first-order valence-corrected chi connectivity index (χ1v) is 7.12. The first kappa shape index (κ1) is 18.5. The van der Waals surface area contributed by atoms with Crippen molar-refractivity contribution in [2.45, 2.75) is 52.4 Å². The van der Waals surface area contributed by atoms with Crippen molar-refractivity contribution >= 4 is 23.1 Å².